The lowest BCUT2D eigenvalue weighted by molar-refractivity contribution is 0.0656. The lowest BCUT2D eigenvalue weighted by atomic mass is 9.76. The number of nitrogens with zero attached hydrogens (tertiary/aromatic N) is 2. The van der Waals surface area contributed by atoms with E-state index in [0.29, 0.717) is 12.2 Å². The van der Waals surface area contributed by atoms with Crippen LogP contribution in [0.25, 0.3) is 0 Å². The molecule has 0 spiro atoms. The predicted octanol–water partition coefficient (Wildman–Crippen LogP) is 0.303. The molecule has 20 heavy (non-hydrogen) atoms. The van der Waals surface area contributed by atoms with Gasteiger partial charge in [-0.3, -0.25) is 4.98 Å². The number of nitrogens with one attached hydrogen (secondary N) is 1. The molecular weight excluding hydrogens is 276 g/mol. The van der Waals surface area contributed by atoms with Crippen molar-refractivity contribution in [3.8, 4) is 0 Å². The summed E-state index contributed by atoms with van der Waals surface area (Å²) in [6.45, 7) is 0.525. The first kappa shape index (κ1) is 15.4. The highest BCUT2D eigenvalue weighted by molar-refractivity contribution is 7.89. The Morgan fingerprint density at radius 1 is 1.45 bits per heavy atom. The summed E-state index contributed by atoms with van der Waals surface area (Å²) in [6.07, 6.45) is 4.72. The summed E-state index contributed by atoms with van der Waals surface area (Å²) in [6, 6.07) is 3.15. The first-order chi connectivity index (χ1) is 9.41. The van der Waals surface area contributed by atoms with Crippen LogP contribution >= 0.6 is 0 Å². The molecule has 1 heterocycles. The minimum Gasteiger partial charge on any atom is -0.325 e. The monoisotopic (exact) mass is 298 g/mol. The van der Waals surface area contributed by atoms with E-state index in [1.807, 2.05) is 14.1 Å². The van der Waals surface area contributed by atoms with Gasteiger partial charge in [0.05, 0.1) is 5.69 Å². The minimum absolute atomic E-state index is 0.0574. The second-order valence-electron chi connectivity index (χ2n) is 5.45. The molecule has 0 aromatic carbocycles. The van der Waals surface area contributed by atoms with Crippen molar-refractivity contribution in [2.45, 2.75) is 36.2 Å². The van der Waals surface area contributed by atoms with E-state index in [4.69, 9.17) is 5.73 Å². The molecule has 0 atom stereocenters. The van der Waals surface area contributed by atoms with Crippen LogP contribution in [0, 0.1) is 0 Å². The van der Waals surface area contributed by atoms with Gasteiger partial charge in [0.1, 0.15) is 4.90 Å². The van der Waals surface area contributed by atoms with E-state index in [2.05, 4.69) is 14.6 Å². The van der Waals surface area contributed by atoms with Gasteiger partial charge in [0.2, 0.25) is 10.0 Å². The number of sulfonamides is 1. The van der Waals surface area contributed by atoms with E-state index >= 15 is 0 Å². The third-order valence-corrected chi connectivity index (χ3v) is 5.63. The fourth-order valence-corrected chi connectivity index (χ4v) is 3.81. The summed E-state index contributed by atoms with van der Waals surface area (Å²) in [5, 5.41) is 0. The molecule has 0 aliphatic heterocycles. The predicted molar refractivity (Wildman–Crippen MR) is 77.6 cm³/mol. The first-order valence-electron chi connectivity index (χ1n) is 6.72. The van der Waals surface area contributed by atoms with Crippen LogP contribution in [0.15, 0.2) is 23.2 Å². The molecule has 1 aromatic rings. The Kier molecular flexibility index (Phi) is 4.43. The van der Waals surface area contributed by atoms with Crippen LogP contribution in [0.3, 0.4) is 0 Å². The van der Waals surface area contributed by atoms with Crippen molar-refractivity contribution in [2.75, 3.05) is 20.6 Å². The minimum atomic E-state index is -3.57. The van der Waals surface area contributed by atoms with E-state index in [9.17, 15) is 8.42 Å². The highest BCUT2D eigenvalue weighted by Crippen LogP contribution is 2.35. The Morgan fingerprint density at radius 2 is 2.15 bits per heavy atom. The van der Waals surface area contributed by atoms with Gasteiger partial charge >= 0.3 is 0 Å². The number of aromatic nitrogens is 1. The molecule has 1 aliphatic carbocycles. The molecule has 0 unspecified atom stereocenters. The summed E-state index contributed by atoms with van der Waals surface area (Å²) in [7, 11) is 0.413. The summed E-state index contributed by atoms with van der Waals surface area (Å²) in [4.78, 5) is 6.30. The molecule has 1 aromatic heterocycles. The van der Waals surface area contributed by atoms with Gasteiger partial charge in [-0.25, -0.2) is 13.1 Å². The Morgan fingerprint density at radius 3 is 2.65 bits per heavy atom. The van der Waals surface area contributed by atoms with Crippen LogP contribution in [0.2, 0.25) is 0 Å². The molecule has 2 rings (SSSR count). The third-order valence-electron chi connectivity index (χ3n) is 4.16. The summed E-state index contributed by atoms with van der Waals surface area (Å²) < 4.78 is 27.5. The number of nitrogens with two attached hydrogens (primary N) is 1. The number of hydrogen-bond donors (Lipinski definition) is 2. The SMILES string of the molecule is CN(C)C1(CNS(=O)(=O)c2cccnc2CN)CCC1. The molecular formula is C13H22N4O2S. The van der Waals surface area contributed by atoms with Crippen molar-refractivity contribution in [1.29, 1.82) is 0 Å². The highest BCUT2D eigenvalue weighted by Gasteiger charge is 2.40. The van der Waals surface area contributed by atoms with E-state index < -0.39 is 10.0 Å². The first-order valence-corrected chi connectivity index (χ1v) is 8.21. The Balaban J connectivity index is 2.16. The van der Waals surface area contributed by atoms with E-state index in [1.54, 1.807) is 18.3 Å². The second-order valence-corrected chi connectivity index (χ2v) is 7.18. The zero-order valence-electron chi connectivity index (χ0n) is 12.0. The number of pyridine rings is 1. The average Bonchev–Trinajstić information content (AvgIpc) is 2.37. The lowest BCUT2D eigenvalue weighted by Gasteiger charge is -2.47. The number of rotatable bonds is 6. The molecule has 1 fully saturated rings. The number of hydrogen-bond acceptors (Lipinski definition) is 5. The normalized spacial score (nSPS) is 18.0. The van der Waals surface area contributed by atoms with E-state index in [1.165, 1.54) is 0 Å². The Bertz CT molecular complexity index is 567. The molecule has 3 N–H and O–H groups in total. The van der Waals surface area contributed by atoms with Crippen LogP contribution in [0.4, 0.5) is 0 Å². The van der Waals surface area contributed by atoms with Crippen molar-refractivity contribution in [3.63, 3.8) is 0 Å². The van der Waals surface area contributed by atoms with Crippen LogP contribution in [0.5, 0.6) is 0 Å². The van der Waals surface area contributed by atoms with Gasteiger partial charge < -0.3 is 10.6 Å². The van der Waals surface area contributed by atoms with Gasteiger partial charge in [-0.05, 0) is 45.5 Å². The highest BCUT2D eigenvalue weighted by atomic mass is 32.2. The topological polar surface area (TPSA) is 88.3 Å². The molecule has 0 radical (unpaired) electrons. The van der Waals surface area contributed by atoms with Crippen molar-refractivity contribution in [3.05, 3.63) is 24.0 Å². The van der Waals surface area contributed by atoms with E-state index in [0.717, 1.165) is 19.3 Å². The molecule has 7 heteroatoms. The standard InChI is InChI=1S/C13H22N4O2S/c1-17(2)13(6-4-7-13)10-16-20(18,19)12-5-3-8-15-11(12)9-14/h3,5,8,16H,4,6-7,9-10,14H2,1-2H3. The maximum absolute atomic E-state index is 12.4. The Hall–Kier alpha value is -1.02. The Labute approximate surface area is 120 Å². The van der Waals surface area contributed by atoms with Gasteiger partial charge in [0.25, 0.3) is 0 Å². The largest absolute Gasteiger partial charge is 0.325 e. The van der Waals surface area contributed by atoms with Gasteiger partial charge in [-0.1, -0.05) is 0 Å². The molecule has 0 bridgehead atoms. The molecule has 112 valence electrons. The van der Waals surface area contributed by atoms with E-state index in [-0.39, 0.29) is 17.0 Å². The molecule has 6 nitrogen and oxygen atoms in total. The number of likely N-dealkylation sites (N-methyl/N-ethyl adjacent to an activating group) is 1. The maximum atomic E-state index is 12.4. The molecule has 1 aliphatic rings. The van der Waals surface area contributed by atoms with Gasteiger partial charge in [0.15, 0.2) is 0 Å². The molecule has 0 saturated heterocycles. The van der Waals surface area contributed by atoms with Crippen LogP contribution in [-0.4, -0.2) is 44.5 Å². The smallest absolute Gasteiger partial charge is 0.242 e. The van der Waals surface area contributed by atoms with Crippen molar-refractivity contribution >= 4 is 10.0 Å². The second kappa shape index (κ2) is 5.77. The van der Waals surface area contributed by atoms with Crippen molar-refractivity contribution in [1.82, 2.24) is 14.6 Å². The van der Waals surface area contributed by atoms with Crippen LogP contribution in [0.1, 0.15) is 25.0 Å². The fourth-order valence-electron chi connectivity index (χ4n) is 2.50. The van der Waals surface area contributed by atoms with Crippen molar-refractivity contribution in [2.24, 2.45) is 5.73 Å². The third kappa shape index (κ3) is 2.85. The molecule has 0 amide bonds. The van der Waals surface area contributed by atoms with Gasteiger partial charge in [-0.2, -0.15) is 0 Å². The zero-order valence-corrected chi connectivity index (χ0v) is 12.8. The quantitative estimate of drug-likeness (QED) is 0.789. The van der Waals surface area contributed by atoms with Gasteiger partial charge in [-0.15, -0.1) is 0 Å². The maximum Gasteiger partial charge on any atom is 0.242 e. The summed E-state index contributed by atoms with van der Waals surface area (Å²) in [5.74, 6) is 0. The average molecular weight is 298 g/mol. The molecule has 1 saturated carbocycles. The van der Waals surface area contributed by atoms with Gasteiger partial charge in [0, 0.05) is 24.8 Å². The summed E-state index contributed by atoms with van der Waals surface area (Å²) in [5.41, 5.74) is 5.89. The lowest BCUT2D eigenvalue weighted by Crippen LogP contribution is -2.57. The fraction of sp³-hybridized carbons (Fsp3) is 0.615. The van der Waals surface area contributed by atoms with Crippen LogP contribution < -0.4 is 10.5 Å². The van der Waals surface area contributed by atoms with Crippen LogP contribution in [-0.2, 0) is 16.6 Å². The summed E-state index contributed by atoms with van der Waals surface area (Å²) >= 11 is 0. The van der Waals surface area contributed by atoms with Crippen molar-refractivity contribution < 1.29 is 8.42 Å². The zero-order chi connectivity index (χ0) is 14.8.